The van der Waals surface area contributed by atoms with Crippen LogP contribution in [0.5, 0.6) is 0 Å². The molecule has 6 N–H and O–H groups in total. The SMILES string of the molecule is CCNC(=O)C[C@@H]1O[C@@H](n2cnc3c(NCC(c4ccccc4)c4ccccc4)nc(CNC(=O)NCCN(C(C)C)S(=O)(=O)c4ccccc4)nc32)[C@H](O)[C@@H]1O. The molecular weight excluding hydrogens is 751 g/mol. The molecule has 1 aliphatic heterocycles. The average Bonchev–Trinajstić information content (AvgIpc) is 3.76. The predicted molar refractivity (Wildman–Crippen MR) is 213 cm³/mol. The summed E-state index contributed by atoms with van der Waals surface area (Å²) >= 11 is 0. The Bertz CT molecular complexity index is 2170. The van der Waals surface area contributed by atoms with Crippen molar-refractivity contribution < 1.29 is 33.0 Å². The number of hydrogen-bond acceptors (Lipinski definition) is 11. The van der Waals surface area contributed by atoms with E-state index >= 15 is 0 Å². The van der Waals surface area contributed by atoms with Crippen molar-refractivity contribution in [1.82, 2.24) is 39.8 Å². The van der Waals surface area contributed by atoms with Gasteiger partial charge in [0.25, 0.3) is 0 Å². The molecule has 3 amide bonds. The van der Waals surface area contributed by atoms with Crippen LogP contribution in [0.25, 0.3) is 11.2 Å². The van der Waals surface area contributed by atoms with Crippen LogP contribution in [0, 0.1) is 0 Å². The fraction of sp³-hybridized carbons (Fsp3) is 0.375. The summed E-state index contributed by atoms with van der Waals surface area (Å²) in [5.41, 5.74) is 2.77. The van der Waals surface area contributed by atoms with Gasteiger partial charge in [-0.2, -0.15) is 4.31 Å². The maximum absolute atomic E-state index is 13.3. The van der Waals surface area contributed by atoms with Crippen molar-refractivity contribution in [1.29, 1.82) is 0 Å². The number of carbonyl (C=O) groups is 2. The minimum Gasteiger partial charge on any atom is -0.388 e. The highest BCUT2D eigenvalue weighted by Gasteiger charge is 2.45. The van der Waals surface area contributed by atoms with E-state index in [1.54, 1.807) is 39.0 Å². The first-order valence-corrected chi connectivity index (χ1v) is 20.4. The van der Waals surface area contributed by atoms with Crippen LogP contribution >= 0.6 is 0 Å². The van der Waals surface area contributed by atoms with Gasteiger partial charge in [-0.25, -0.2) is 28.2 Å². The number of anilines is 1. The molecule has 3 heterocycles. The fourth-order valence-corrected chi connectivity index (χ4v) is 8.47. The quantitative estimate of drug-likeness (QED) is 0.0805. The maximum Gasteiger partial charge on any atom is 0.315 e. The predicted octanol–water partition coefficient (Wildman–Crippen LogP) is 3.11. The largest absolute Gasteiger partial charge is 0.388 e. The van der Waals surface area contributed by atoms with Gasteiger partial charge < -0.3 is 36.2 Å². The number of aromatic nitrogens is 4. The lowest BCUT2D eigenvalue weighted by Crippen LogP contribution is -2.44. The van der Waals surface area contributed by atoms with E-state index in [9.17, 15) is 28.2 Å². The van der Waals surface area contributed by atoms with E-state index in [2.05, 4.69) is 50.5 Å². The first-order chi connectivity index (χ1) is 27.5. The Morgan fingerprint density at radius 2 is 1.51 bits per heavy atom. The molecule has 0 aliphatic carbocycles. The molecule has 16 nitrogen and oxygen atoms in total. The number of amides is 3. The monoisotopic (exact) mass is 799 g/mol. The van der Waals surface area contributed by atoms with Gasteiger partial charge in [-0.15, -0.1) is 0 Å². The van der Waals surface area contributed by atoms with E-state index in [-0.39, 0.29) is 60.3 Å². The number of carbonyl (C=O) groups excluding carboxylic acids is 2. The molecule has 0 bridgehead atoms. The number of hydrogen-bond donors (Lipinski definition) is 6. The minimum atomic E-state index is -3.79. The van der Waals surface area contributed by atoms with Gasteiger partial charge in [0.05, 0.1) is 30.3 Å². The number of nitrogens with one attached hydrogen (secondary N) is 4. The molecule has 1 fully saturated rings. The molecule has 0 radical (unpaired) electrons. The van der Waals surface area contributed by atoms with Gasteiger partial charge in [0.2, 0.25) is 15.9 Å². The molecule has 1 aliphatic rings. The average molecular weight is 800 g/mol. The summed E-state index contributed by atoms with van der Waals surface area (Å²) in [6, 6.07) is 27.2. The van der Waals surface area contributed by atoms with Crippen molar-refractivity contribution in [2.45, 2.75) is 75.1 Å². The van der Waals surface area contributed by atoms with Crippen LogP contribution in [0.3, 0.4) is 0 Å². The molecule has 3 aromatic carbocycles. The Hall–Kier alpha value is -5.46. The van der Waals surface area contributed by atoms with Gasteiger partial charge in [0.15, 0.2) is 29.0 Å². The number of ether oxygens (including phenoxy) is 1. The Balaban J connectivity index is 1.23. The molecule has 57 heavy (non-hydrogen) atoms. The van der Waals surface area contributed by atoms with E-state index in [4.69, 9.17) is 14.7 Å². The van der Waals surface area contributed by atoms with Crippen molar-refractivity contribution in [3.05, 3.63) is 114 Å². The van der Waals surface area contributed by atoms with Crippen LogP contribution in [-0.4, -0.2) is 105 Å². The summed E-state index contributed by atoms with van der Waals surface area (Å²) in [6.07, 6.45) is -3.60. The lowest BCUT2D eigenvalue weighted by atomic mass is 9.91. The summed E-state index contributed by atoms with van der Waals surface area (Å²) in [7, 11) is -3.79. The first-order valence-electron chi connectivity index (χ1n) is 18.9. The molecule has 4 atom stereocenters. The van der Waals surface area contributed by atoms with E-state index in [0.717, 1.165) is 11.1 Å². The summed E-state index contributed by atoms with van der Waals surface area (Å²) < 4.78 is 35.4. The van der Waals surface area contributed by atoms with Crippen molar-refractivity contribution in [2.75, 3.05) is 31.5 Å². The van der Waals surface area contributed by atoms with Gasteiger partial charge >= 0.3 is 6.03 Å². The zero-order chi connectivity index (χ0) is 40.5. The van der Waals surface area contributed by atoms with Crippen molar-refractivity contribution in [3.63, 3.8) is 0 Å². The third-order valence-corrected chi connectivity index (χ3v) is 11.8. The molecular formula is C40H49N9O7S. The number of aliphatic hydroxyl groups is 2. The smallest absolute Gasteiger partial charge is 0.315 e. The molecule has 17 heteroatoms. The third-order valence-electron chi connectivity index (χ3n) is 9.67. The number of fused-ring (bicyclic) bond motifs is 1. The highest BCUT2D eigenvalue weighted by Crippen LogP contribution is 2.34. The first kappa shape index (κ1) is 41.2. The zero-order valence-corrected chi connectivity index (χ0v) is 32.8. The molecule has 0 spiro atoms. The van der Waals surface area contributed by atoms with Gasteiger partial charge in [0, 0.05) is 38.1 Å². The third kappa shape index (κ3) is 9.75. The van der Waals surface area contributed by atoms with Crippen LogP contribution in [0.4, 0.5) is 10.6 Å². The molecule has 2 aromatic heterocycles. The van der Waals surface area contributed by atoms with Crippen LogP contribution < -0.4 is 21.3 Å². The topological polar surface area (TPSA) is 213 Å². The Labute approximate surface area is 331 Å². The van der Waals surface area contributed by atoms with Crippen LogP contribution in [0.1, 0.15) is 56.3 Å². The summed E-state index contributed by atoms with van der Waals surface area (Å²) in [5.74, 6) is 0.151. The van der Waals surface area contributed by atoms with Crippen LogP contribution in [0.15, 0.2) is 102 Å². The molecule has 5 aromatic rings. The Kier molecular flexibility index (Phi) is 13.5. The van der Waals surface area contributed by atoms with Crippen LogP contribution in [0.2, 0.25) is 0 Å². The van der Waals surface area contributed by atoms with Gasteiger partial charge in [-0.3, -0.25) is 9.36 Å². The molecule has 302 valence electrons. The second-order valence-electron chi connectivity index (χ2n) is 13.9. The van der Waals surface area contributed by atoms with Crippen molar-refractivity contribution in [2.24, 2.45) is 0 Å². The number of aliphatic hydroxyl groups excluding tert-OH is 2. The lowest BCUT2D eigenvalue weighted by Gasteiger charge is -2.26. The fourth-order valence-electron chi connectivity index (χ4n) is 6.81. The Morgan fingerprint density at radius 1 is 0.877 bits per heavy atom. The normalized spacial score (nSPS) is 18.3. The standard InChI is InChI=1S/C40H49N9O7S/c1-4-41-33(50)22-31-35(51)36(52)39(56-31)48-25-45-34-37(43-23-30(27-14-8-5-9-15-27)28-16-10-6-11-17-28)46-32(47-38(34)48)24-44-40(53)42-20-21-49(26(2)3)57(54,55)29-18-12-7-13-19-29/h5-19,25-26,30-31,35-36,39,51-52H,4,20-24H2,1-3H3,(H,41,50)(H2,42,44,53)(H,43,46,47)/t31-,35+,36+,39+/m0/s1. The van der Waals surface area contributed by atoms with E-state index in [1.807, 2.05) is 36.4 Å². The number of nitrogens with zero attached hydrogens (tertiary/aromatic N) is 5. The van der Waals surface area contributed by atoms with Gasteiger partial charge in [-0.05, 0) is 44.0 Å². The van der Waals surface area contributed by atoms with Gasteiger partial charge in [-0.1, -0.05) is 78.9 Å². The summed E-state index contributed by atoms with van der Waals surface area (Å²) in [4.78, 5) is 39.6. The highest BCUT2D eigenvalue weighted by molar-refractivity contribution is 7.89. The molecule has 0 unspecified atom stereocenters. The number of sulfonamides is 1. The van der Waals surface area contributed by atoms with Gasteiger partial charge in [0.1, 0.15) is 12.2 Å². The highest BCUT2D eigenvalue weighted by atomic mass is 32.2. The zero-order valence-electron chi connectivity index (χ0n) is 32.0. The van der Waals surface area contributed by atoms with Crippen molar-refractivity contribution in [3.8, 4) is 0 Å². The number of benzene rings is 3. The van der Waals surface area contributed by atoms with E-state index in [0.29, 0.717) is 24.4 Å². The van der Waals surface area contributed by atoms with E-state index < -0.39 is 40.6 Å². The minimum absolute atomic E-state index is 0.0343. The molecule has 0 saturated carbocycles. The lowest BCUT2D eigenvalue weighted by molar-refractivity contribution is -0.125. The second-order valence-corrected chi connectivity index (χ2v) is 15.8. The van der Waals surface area contributed by atoms with Crippen LogP contribution in [-0.2, 0) is 26.1 Å². The second kappa shape index (κ2) is 18.7. The maximum atomic E-state index is 13.3. The Morgan fingerprint density at radius 3 is 2.12 bits per heavy atom. The number of imidazole rings is 1. The van der Waals surface area contributed by atoms with E-state index in [1.165, 1.54) is 27.3 Å². The molecule has 1 saturated heterocycles. The number of rotatable bonds is 17. The number of urea groups is 1. The van der Waals surface area contributed by atoms with Crippen molar-refractivity contribution >= 4 is 38.9 Å². The summed E-state index contributed by atoms with van der Waals surface area (Å²) in [5, 5.41) is 33.5. The summed E-state index contributed by atoms with van der Waals surface area (Å²) in [6.45, 7) is 6.08. The molecule has 6 rings (SSSR count).